The third-order valence-electron chi connectivity index (χ3n) is 3.29. The molecule has 122 valence electrons. The molecule has 1 aromatic rings. The summed E-state index contributed by atoms with van der Waals surface area (Å²) in [7, 11) is 1.69. The van der Waals surface area contributed by atoms with E-state index in [1.54, 1.807) is 7.11 Å². The fourth-order valence-corrected chi connectivity index (χ4v) is 2.25. The van der Waals surface area contributed by atoms with E-state index >= 15 is 0 Å². The van der Waals surface area contributed by atoms with Crippen LogP contribution < -0.4 is 9.47 Å². The predicted octanol–water partition coefficient (Wildman–Crippen LogP) is 2.78. The predicted molar refractivity (Wildman–Crippen MR) is 81.4 cm³/mol. The minimum atomic E-state index is -1.25. The molecule has 0 radical (unpaired) electrons. The Hall–Kier alpha value is -2.31. The van der Waals surface area contributed by atoms with Crippen LogP contribution >= 0.6 is 0 Å². The van der Waals surface area contributed by atoms with Gasteiger partial charge in [-0.05, 0) is 31.9 Å². The summed E-state index contributed by atoms with van der Waals surface area (Å²) >= 11 is 0. The molecule has 0 aliphatic carbocycles. The van der Waals surface area contributed by atoms with E-state index in [4.69, 9.17) is 24.8 Å². The highest BCUT2D eigenvalue weighted by Gasteiger charge is 2.19. The van der Waals surface area contributed by atoms with Crippen LogP contribution in [0.4, 0.5) is 0 Å². The summed E-state index contributed by atoms with van der Waals surface area (Å²) < 4.78 is 11.3. The van der Waals surface area contributed by atoms with Crippen molar-refractivity contribution in [2.45, 2.75) is 33.1 Å². The van der Waals surface area contributed by atoms with Crippen LogP contribution in [0.5, 0.6) is 11.5 Å². The SMILES string of the molecule is CCCCOc1c(OC)ccc2c1CCN=C2C.O=[N+](O)O. The molecule has 0 unspecified atom stereocenters. The minimum Gasteiger partial charge on any atom is -0.493 e. The lowest BCUT2D eigenvalue weighted by Gasteiger charge is -2.20. The van der Waals surface area contributed by atoms with Gasteiger partial charge in [0.05, 0.1) is 13.7 Å². The number of unbranched alkanes of at least 4 members (excludes halogenated alkanes) is 1. The van der Waals surface area contributed by atoms with Gasteiger partial charge in [-0.15, -0.1) is 0 Å². The number of methoxy groups -OCH3 is 1. The molecule has 0 spiro atoms. The third kappa shape index (κ3) is 4.91. The largest absolute Gasteiger partial charge is 0.493 e. The molecule has 1 aliphatic heterocycles. The van der Waals surface area contributed by atoms with Gasteiger partial charge in [0.15, 0.2) is 11.5 Å². The summed E-state index contributed by atoms with van der Waals surface area (Å²) in [4.78, 5) is 13.0. The second-order valence-electron chi connectivity index (χ2n) is 4.79. The van der Waals surface area contributed by atoms with Crippen LogP contribution in [0.25, 0.3) is 0 Å². The highest BCUT2D eigenvalue weighted by molar-refractivity contribution is 6.01. The first-order valence-electron chi connectivity index (χ1n) is 7.20. The molecule has 0 bridgehead atoms. The van der Waals surface area contributed by atoms with E-state index in [0.717, 1.165) is 49.6 Å². The lowest BCUT2D eigenvalue weighted by atomic mass is 9.97. The normalized spacial score (nSPS) is 12.4. The first kappa shape index (κ1) is 17.7. The van der Waals surface area contributed by atoms with Crippen molar-refractivity contribution in [1.29, 1.82) is 0 Å². The maximum absolute atomic E-state index is 8.47. The lowest BCUT2D eigenvalue weighted by Crippen LogP contribution is -2.13. The number of rotatable bonds is 5. The van der Waals surface area contributed by atoms with Gasteiger partial charge in [-0.2, -0.15) is 0 Å². The molecule has 1 aromatic carbocycles. The second kappa shape index (κ2) is 8.86. The fourth-order valence-electron chi connectivity index (χ4n) is 2.25. The van der Waals surface area contributed by atoms with Gasteiger partial charge in [-0.1, -0.05) is 13.3 Å². The smallest absolute Gasteiger partial charge is 0.472 e. The van der Waals surface area contributed by atoms with Crippen molar-refractivity contribution in [3.8, 4) is 11.5 Å². The number of hydrogen-bond donors (Lipinski definition) is 2. The number of aliphatic imine (C=N–C) groups is 1. The summed E-state index contributed by atoms with van der Waals surface area (Å²) in [5, 5.41) is 12.5. The number of benzene rings is 1. The first-order valence-corrected chi connectivity index (χ1v) is 7.20. The summed E-state index contributed by atoms with van der Waals surface area (Å²) in [6.45, 7) is 5.81. The summed E-state index contributed by atoms with van der Waals surface area (Å²) in [6, 6.07) is 4.06. The van der Waals surface area contributed by atoms with E-state index in [1.165, 1.54) is 11.1 Å². The molecule has 7 nitrogen and oxygen atoms in total. The zero-order valence-corrected chi connectivity index (χ0v) is 13.2. The Morgan fingerprint density at radius 1 is 1.36 bits per heavy atom. The highest BCUT2D eigenvalue weighted by atomic mass is 16.9. The summed E-state index contributed by atoms with van der Waals surface area (Å²) in [5.74, 6) is 1.75. The Bertz CT molecular complexity index is 539. The number of fused-ring (bicyclic) bond motifs is 1. The number of hydrogen-bond acceptors (Lipinski definition) is 4. The van der Waals surface area contributed by atoms with Gasteiger partial charge in [-0.3, -0.25) is 4.99 Å². The Balaban J connectivity index is 0.000000541. The molecular formula is C15H23N2O5+. The van der Waals surface area contributed by atoms with E-state index in [0.29, 0.717) is 0 Å². The Morgan fingerprint density at radius 3 is 2.64 bits per heavy atom. The molecule has 0 saturated carbocycles. The lowest BCUT2D eigenvalue weighted by molar-refractivity contribution is -0.969. The number of nitrogens with zero attached hydrogens (tertiary/aromatic N) is 2. The van der Waals surface area contributed by atoms with Gasteiger partial charge in [0.25, 0.3) is 0 Å². The van der Waals surface area contributed by atoms with E-state index in [1.807, 2.05) is 6.07 Å². The summed E-state index contributed by atoms with van der Waals surface area (Å²) in [5.41, 5.74) is 3.55. The molecule has 0 saturated heterocycles. The van der Waals surface area contributed by atoms with E-state index in [9.17, 15) is 0 Å². The van der Waals surface area contributed by atoms with Crippen LogP contribution in [0.1, 0.15) is 37.8 Å². The van der Waals surface area contributed by atoms with Gasteiger partial charge in [0, 0.05) is 23.4 Å². The minimum absolute atomic E-state index is 0.750. The van der Waals surface area contributed by atoms with Crippen molar-refractivity contribution in [3.05, 3.63) is 28.2 Å². The third-order valence-corrected chi connectivity index (χ3v) is 3.29. The molecule has 2 rings (SSSR count). The molecule has 0 fully saturated rings. The average molecular weight is 311 g/mol. The monoisotopic (exact) mass is 311 g/mol. The molecule has 1 heterocycles. The molecule has 1 aliphatic rings. The molecular weight excluding hydrogens is 288 g/mol. The van der Waals surface area contributed by atoms with Crippen molar-refractivity contribution in [1.82, 2.24) is 0 Å². The van der Waals surface area contributed by atoms with Crippen LogP contribution in [-0.4, -0.2) is 41.5 Å². The first-order chi connectivity index (χ1) is 10.5. The maximum Gasteiger partial charge on any atom is 0.472 e. The zero-order valence-electron chi connectivity index (χ0n) is 13.2. The van der Waals surface area contributed by atoms with E-state index < -0.39 is 5.09 Å². The quantitative estimate of drug-likeness (QED) is 0.644. The molecule has 0 amide bonds. The summed E-state index contributed by atoms with van der Waals surface area (Å²) in [6.07, 6.45) is 3.14. The molecule has 0 aromatic heterocycles. The van der Waals surface area contributed by atoms with Crippen LogP contribution in [0.2, 0.25) is 0 Å². The Kier molecular flexibility index (Phi) is 7.15. The van der Waals surface area contributed by atoms with E-state index in [2.05, 4.69) is 24.9 Å². The molecule has 7 heteroatoms. The Labute approximate surface area is 129 Å². The van der Waals surface area contributed by atoms with E-state index in [-0.39, 0.29) is 0 Å². The molecule has 0 atom stereocenters. The maximum atomic E-state index is 8.47. The van der Waals surface area contributed by atoms with Crippen molar-refractivity contribution in [2.75, 3.05) is 20.3 Å². The van der Waals surface area contributed by atoms with Crippen molar-refractivity contribution in [3.63, 3.8) is 0 Å². The standard InChI is InChI=1S/C15H21NO2.H2NO3/c1-4-5-10-18-15-13-8-9-16-11(2)12(13)6-7-14(15)17-3;2-1(3)4/h6-7H,4-5,8-10H2,1-3H3;(H2,2,3,4)/q;+1. The van der Waals surface area contributed by atoms with Gasteiger partial charge in [0.1, 0.15) is 4.91 Å². The van der Waals surface area contributed by atoms with Crippen LogP contribution in [0, 0.1) is 4.91 Å². The molecule has 22 heavy (non-hydrogen) atoms. The van der Waals surface area contributed by atoms with Gasteiger partial charge in [0.2, 0.25) is 0 Å². The van der Waals surface area contributed by atoms with Gasteiger partial charge >= 0.3 is 5.09 Å². The highest BCUT2D eigenvalue weighted by Crippen LogP contribution is 2.36. The van der Waals surface area contributed by atoms with Crippen molar-refractivity contribution < 1.29 is 25.0 Å². The van der Waals surface area contributed by atoms with Gasteiger partial charge < -0.3 is 9.47 Å². The topological polar surface area (TPSA) is 91.4 Å². The van der Waals surface area contributed by atoms with Crippen LogP contribution in [0.3, 0.4) is 0 Å². The van der Waals surface area contributed by atoms with Crippen LogP contribution in [-0.2, 0) is 6.42 Å². The van der Waals surface area contributed by atoms with Gasteiger partial charge in [-0.25, -0.2) is 10.4 Å². The second-order valence-corrected chi connectivity index (χ2v) is 4.79. The molecule has 2 N–H and O–H groups in total. The fraction of sp³-hybridized carbons (Fsp3) is 0.533. The van der Waals surface area contributed by atoms with Crippen LogP contribution in [0.15, 0.2) is 17.1 Å². The number of ether oxygens (including phenoxy) is 2. The average Bonchev–Trinajstić information content (AvgIpc) is 2.47. The Morgan fingerprint density at radius 2 is 2.05 bits per heavy atom. The van der Waals surface area contributed by atoms with Crippen molar-refractivity contribution >= 4 is 5.71 Å². The van der Waals surface area contributed by atoms with Crippen molar-refractivity contribution in [2.24, 2.45) is 4.99 Å². The zero-order chi connectivity index (χ0) is 16.5.